The monoisotopic (exact) mass is 260 g/mol. The van der Waals surface area contributed by atoms with Crippen LogP contribution < -0.4 is 11.1 Å². The van der Waals surface area contributed by atoms with Gasteiger partial charge in [0, 0.05) is 17.6 Å². The highest BCUT2D eigenvalue weighted by Gasteiger charge is 2.25. The number of nitrogens with one attached hydrogen (secondary N) is 1. The maximum Gasteiger partial charge on any atom is 0.227 e. The third-order valence-corrected chi connectivity index (χ3v) is 4.01. The number of hydrogen-bond acceptors (Lipinski definition) is 2. The van der Waals surface area contributed by atoms with Crippen LogP contribution in [0.25, 0.3) is 0 Å². The Balaban J connectivity index is 2.10. The summed E-state index contributed by atoms with van der Waals surface area (Å²) in [5.41, 5.74) is 10.4. The van der Waals surface area contributed by atoms with Gasteiger partial charge in [-0.05, 0) is 51.2 Å². The first-order chi connectivity index (χ1) is 8.97. The summed E-state index contributed by atoms with van der Waals surface area (Å²) in [6.07, 6.45) is 3.89. The van der Waals surface area contributed by atoms with Gasteiger partial charge in [-0.3, -0.25) is 4.79 Å². The Morgan fingerprint density at radius 3 is 2.42 bits per heavy atom. The third-order valence-electron chi connectivity index (χ3n) is 4.01. The average Bonchev–Trinajstić information content (AvgIpc) is 2.33. The summed E-state index contributed by atoms with van der Waals surface area (Å²) < 4.78 is 0. The van der Waals surface area contributed by atoms with E-state index in [0.717, 1.165) is 42.5 Å². The number of benzene rings is 1. The second-order valence-corrected chi connectivity index (χ2v) is 5.89. The lowest BCUT2D eigenvalue weighted by Gasteiger charge is -2.26. The van der Waals surface area contributed by atoms with Crippen LogP contribution >= 0.6 is 0 Å². The number of hydrogen-bond donors (Lipinski definition) is 2. The minimum absolute atomic E-state index is 0.0730. The van der Waals surface area contributed by atoms with Gasteiger partial charge < -0.3 is 11.1 Å². The molecule has 3 nitrogen and oxygen atoms in total. The SMILES string of the molecule is Cc1cc(C)c(NC(=O)C2CCCC(N)C2)c(C)c1. The average molecular weight is 260 g/mol. The van der Waals surface area contributed by atoms with E-state index in [1.165, 1.54) is 5.56 Å². The van der Waals surface area contributed by atoms with Crippen molar-refractivity contribution in [1.82, 2.24) is 0 Å². The Bertz CT molecular complexity index is 459. The fraction of sp³-hybridized carbons (Fsp3) is 0.562. The molecule has 3 heteroatoms. The molecule has 1 saturated carbocycles. The van der Waals surface area contributed by atoms with Crippen LogP contribution in [0, 0.1) is 26.7 Å². The number of rotatable bonds is 2. The van der Waals surface area contributed by atoms with Crippen molar-refractivity contribution in [3.63, 3.8) is 0 Å². The number of carbonyl (C=O) groups is 1. The maximum absolute atomic E-state index is 12.3. The molecule has 0 aromatic heterocycles. The Morgan fingerprint density at radius 2 is 1.84 bits per heavy atom. The molecule has 1 amide bonds. The summed E-state index contributed by atoms with van der Waals surface area (Å²) >= 11 is 0. The number of carbonyl (C=O) groups excluding carboxylic acids is 1. The Hall–Kier alpha value is -1.35. The summed E-state index contributed by atoms with van der Waals surface area (Å²) in [6, 6.07) is 4.40. The predicted octanol–water partition coefficient (Wildman–Crippen LogP) is 3.07. The summed E-state index contributed by atoms with van der Waals surface area (Å²) in [7, 11) is 0. The minimum Gasteiger partial charge on any atom is -0.328 e. The van der Waals surface area contributed by atoms with E-state index in [0.29, 0.717) is 0 Å². The number of anilines is 1. The highest BCUT2D eigenvalue weighted by Crippen LogP contribution is 2.27. The molecule has 1 aromatic rings. The van der Waals surface area contributed by atoms with Gasteiger partial charge >= 0.3 is 0 Å². The molecule has 1 aliphatic carbocycles. The largest absolute Gasteiger partial charge is 0.328 e. The molecule has 2 rings (SSSR count). The fourth-order valence-electron chi connectivity index (χ4n) is 3.07. The van der Waals surface area contributed by atoms with Gasteiger partial charge in [0.1, 0.15) is 0 Å². The fourth-order valence-corrected chi connectivity index (χ4v) is 3.07. The van der Waals surface area contributed by atoms with Crippen molar-refractivity contribution in [3.05, 3.63) is 28.8 Å². The van der Waals surface area contributed by atoms with Gasteiger partial charge in [0.2, 0.25) is 5.91 Å². The first-order valence-corrected chi connectivity index (χ1v) is 7.11. The summed E-state index contributed by atoms with van der Waals surface area (Å²) in [5.74, 6) is 0.203. The van der Waals surface area contributed by atoms with E-state index in [1.54, 1.807) is 0 Å². The van der Waals surface area contributed by atoms with Crippen LogP contribution in [0.4, 0.5) is 5.69 Å². The smallest absolute Gasteiger partial charge is 0.227 e. The van der Waals surface area contributed by atoms with Crippen LogP contribution in [0.3, 0.4) is 0 Å². The quantitative estimate of drug-likeness (QED) is 0.858. The molecular formula is C16H24N2O. The Morgan fingerprint density at radius 1 is 1.21 bits per heavy atom. The molecule has 0 radical (unpaired) electrons. The van der Waals surface area contributed by atoms with E-state index in [9.17, 15) is 4.79 Å². The van der Waals surface area contributed by atoms with Gasteiger partial charge in [0.15, 0.2) is 0 Å². The highest BCUT2D eigenvalue weighted by atomic mass is 16.1. The predicted molar refractivity (Wildman–Crippen MR) is 79.2 cm³/mol. The van der Waals surface area contributed by atoms with Gasteiger partial charge in [0.05, 0.1) is 0 Å². The third kappa shape index (κ3) is 3.35. The first-order valence-electron chi connectivity index (χ1n) is 7.11. The molecule has 0 spiro atoms. The molecule has 1 fully saturated rings. The van der Waals surface area contributed by atoms with E-state index >= 15 is 0 Å². The molecule has 3 N–H and O–H groups in total. The molecular weight excluding hydrogens is 236 g/mol. The lowest BCUT2D eigenvalue weighted by molar-refractivity contribution is -0.120. The van der Waals surface area contributed by atoms with Crippen molar-refractivity contribution in [3.8, 4) is 0 Å². The second-order valence-electron chi connectivity index (χ2n) is 5.89. The molecule has 0 aliphatic heterocycles. The standard InChI is InChI=1S/C16H24N2O/c1-10-7-11(2)15(12(3)8-10)18-16(19)13-5-4-6-14(17)9-13/h7-8,13-14H,4-6,9,17H2,1-3H3,(H,18,19). The van der Waals surface area contributed by atoms with Crippen molar-refractivity contribution >= 4 is 11.6 Å². The number of aryl methyl sites for hydroxylation is 3. The van der Waals surface area contributed by atoms with E-state index in [1.807, 2.05) is 13.8 Å². The number of amides is 1. The normalized spacial score (nSPS) is 23.2. The minimum atomic E-state index is 0.0730. The van der Waals surface area contributed by atoms with E-state index in [4.69, 9.17) is 5.73 Å². The molecule has 19 heavy (non-hydrogen) atoms. The molecule has 2 unspecified atom stereocenters. The van der Waals surface area contributed by atoms with Gasteiger partial charge in [0.25, 0.3) is 0 Å². The Kier molecular flexibility index (Phi) is 4.25. The van der Waals surface area contributed by atoms with E-state index < -0.39 is 0 Å². The van der Waals surface area contributed by atoms with Crippen LogP contribution in [-0.2, 0) is 4.79 Å². The Labute approximate surface area is 115 Å². The van der Waals surface area contributed by atoms with Gasteiger partial charge in [-0.25, -0.2) is 0 Å². The highest BCUT2D eigenvalue weighted by molar-refractivity contribution is 5.94. The summed E-state index contributed by atoms with van der Waals surface area (Å²) in [5, 5.41) is 3.10. The van der Waals surface area contributed by atoms with Gasteiger partial charge in [-0.1, -0.05) is 24.1 Å². The molecule has 0 bridgehead atoms. The van der Waals surface area contributed by atoms with Crippen LogP contribution in [-0.4, -0.2) is 11.9 Å². The van der Waals surface area contributed by atoms with Crippen LogP contribution in [0.5, 0.6) is 0 Å². The van der Waals surface area contributed by atoms with Crippen molar-refractivity contribution in [1.29, 1.82) is 0 Å². The van der Waals surface area contributed by atoms with Gasteiger partial charge in [-0.15, -0.1) is 0 Å². The van der Waals surface area contributed by atoms with Crippen LogP contribution in [0.1, 0.15) is 42.4 Å². The molecule has 1 aromatic carbocycles. The van der Waals surface area contributed by atoms with Crippen LogP contribution in [0.15, 0.2) is 12.1 Å². The van der Waals surface area contributed by atoms with Crippen molar-refractivity contribution in [2.75, 3.05) is 5.32 Å². The van der Waals surface area contributed by atoms with E-state index in [-0.39, 0.29) is 17.9 Å². The first kappa shape index (κ1) is 14.1. The van der Waals surface area contributed by atoms with Crippen LogP contribution in [0.2, 0.25) is 0 Å². The second kappa shape index (κ2) is 5.74. The number of nitrogens with two attached hydrogens (primary N) is 1. The van der Waals surface area contributed by atoms with Crippen molar-refractivity contribution in [2.45, 2.75) is 52.5 Å². The van der Waals surface area contributed by atoms with E-state index in [2.05, 4.69) is 24.4 Å². The topological polar surface area (TPSA) is 55.1 Å². The zero-order valence-corrected chi connectivity index (χ0v) is 12.1. The molecule has 0 heterocycles. The summed E-state index contributed by atoms with van der Waals surface area (Å²) in [6.45, 7) is 6.16. The zero-order chi connectivity index (χ0) is 14.0. The van der Waals surface area contributed by atoms with Crippen molar-refractivity contribution < 1.29 is 4.79 Å². The molecule has 2 atom stereocenters. The molecule has 104 valence electrons. The molecule has 1 aliphatic rings. The maximum atomic E-state index is 12.3. The summed E-state index contributed by atoms with van der Waals surface area (Å²) in [4.78, 5) is 12.3. The van der Waals surface area contributed by atoms with Crippen molar-refractivity contribution in [2.24, 2.45) is 11.7 Å². The lowest BCUT2D eigenvalue weighted by Crippen LogP contribution is -2.34. The lowest BCUT2D eigenvalue weighted by atomic mass is 9.85. The van der Waals surface area contributed by atoms with Gasteiger partial charge in [-0.2, -0.15) is 0 Å². The molecule has 0 saturated heterocycles. The zero-order valence-electron chi connectivity index (χ0n) is 12.1.